The molecule has 0 atom stereocenters. The van der Waals surface area contributed by atoms with Gasteiger partial charge in [-0.1, -0.05) is 0 Å². The third-order valence-corrected chi connectivity index (χ3v) is 2.24. The molecule has 1 heterocycles. The number of hydrogen-bond donors (Lipinski definition) is 2. The summed E-state index contributed by atoms with van der Waals surface area (Å²) in [5.41, 5.74) is 5.86. The molecule has 0 bridgehead atoms. The smallest absolute Gasteiger partial charge is 0.291 e. The number of primary amides is 1. The molecule has 0 fully saturated rings. The molecular formula is C11H11N3O3. The number of nitrogens with one attached hydrogen (secondary N) is 1. The molecule has 0 aromatic heterocycles. The van der Waals surface area contributed by atoms with Gasteiger partial charge in [0.1, 0.15) is 6.61 Å². The first kappa shape index (κ1) is 11.1. The van der Waals surface area contributed by atoms with Gasteiger partial charge in [-0.3, -0.25) is 14.9 Å². The number of nitrogens with two attached hydrogens (primary N) is 1. The van der Waals surface area contributed by atoms with Crippen LogP contribution in [0, 0.1) is 0 Å². The average Bonchev–Trinajstić information content (AvgIpc) is 2.82. The van der Waals surface area contributed by atoms with E-state index in [2.05, 4.69) is 10.3 Å². The Balaban J connectivity index is 2.06. The second-order valence-corrected chi connectivity index (χ2v) is 3.43. The van der Waals surface area contributed by atoms with Gasteiger partial charge in [-0.25, -0.2) is 4.99 Å². The van der Waals surface area contributed by atoms with Crippen LogP contribution in [0.15, 0.2) is 29.3 Å². The Bertz CT molecular complexity index is 479. The van der Waals surface area contributed by atoms with Crippen molar-refractivity contribution in [3.8, 4) is 0 Å². The highest BCUT2D eigenvalue weighted by molar-refractivity contribution is 6.04. The zero-order valence-corrected chi connectivity index (χ0v) is 8.97. The lowest BCUT2D eigenvalue weighted by Gasteiger charge is -2.04. The van der Waals surface area contributed by atoms with Crippen LogP contribution in [0.25, 0.3) is 0 Å². The monoisotopic (exact) mass is 233 g/mol. The van der Waals surface area contributed by atoms with Crippen LogP contribution in [0.4, 0.5) is 0 Å². The minimum absolute atomic E-state index is 0.231. The SMILES string of the molecule is NC(=O)c1ccc(C(=O)NC2=NCCO2)cc1. The number of nitrogens with zero attached hydrogens (tertiary/aromatic N) is 1. The topological polar surface area (TPSA) is 93.8 Å². The maximum atomic E-state index is 11.7. The molecule has 3 N–H and O–H groups in total. The van der Waals surface area contributed by atoms with Crippen molar-refractivity contribution in [2.75, 3.05) is 13.2 Å². The van der Waals surface area contributed by atoms with Gasteiger partial charge in [-0.2, -0.15) is 0 Å². The summed E-state index contributed by atoms with van der Waals surface area (Å²) in [5, 5.41) is 2.52. The Kier molecular flexibility index (Phi) is 3.04. The van der Waals surface area contributed by atoms with Gasteiger partial charge in [0.15, 0.2) is 0 Å². The van der Waals surface area contributed by atoms with Crippen molar-refractivity contribution >= 4 is 17.8 Å². The molecule has 0 spiro atoms. The maximum Gasteiger partial charge on any atom is 0.291 e. The molecule has 1 aromatic rings. The molecule has 1 aliphatic rings. The van der Waals surface area contributed by atoms with E-state index in [1.165, 1.54) is 24.3 Å². The van der Waals surface area contributed by atoms with Crippen LogP contribution in [0.2, 0.25) is 0 Å². The lowest BCUT2D eigenvalue weighted by atomic mass is 10.1. The minimum Gasteiger partial charge on any atom is -0.463 e. The maximum absolute atomic E-state index is 11.7. The molecule has 88 valence electrons. The Morgan fingerprint density at radius 1 is 1.24 bits per heavy atom. The number of hydrogen-bond acceptors (Lipinski definition) is 4. The van der Waals surface area contributed by atoms with E-state index >= 15 is 0 Å². The lowest BCUT2D eigenvalue weighted by Crippen LogP contribution is -2.30. The lowest BCUT2D eigenvalue weighted by molar-refractivity contribution is 0.0964. The number of ether oxygens (including phenoxy) is 1. The molecule has 2 amide bonds. The third-order valence-electron chi connectivity index (χ3n) is 2.24. The van der Waals surface area contributed by atoms with Crippen LogP contribution in [0.1, 0.15) is 20.7 Å². The predicted molar refractivity (Wildman–Crippen MR) is 60.7 cm³/mol. The first-order chi connectivity index (χ1) is 8.16. The summed E-state index contributed by atoms with van der Waals surface area (Å²) in [6.07, 6.45) is 0. The van der Waals surface area contributed by atoms with Gasteiger partial charge in [-0.15, -0.1) is 0 Å². The van der Waals surface area contributed by atoms with Crippen LogP contribution >= 0.6 is 0 Å². The predicted octanol–water partition coefficient (Wildman–Crippen LogP) is -0.0985. The summed E-state index contributed by atoms with van der Waals surface area (Å²) in [5.74, 6) is -0.859. The molecule has 0 radical (unpaired) electrons. The molecule has 6 heteroatoms. The summed E-state index contributed by atoms with van der Waals surface area (Å²) in [6.45, 7) is 1.03. The fourth-order valence-corrected chi connectivity index (χ4v) is 1.37. The number of aliphatic imine (C=N–C) groups is 1. The van der Waals surface area contributed by atoms with E-state index in [-0.39, 0.29) is 11.9 Å². The van der Waals surface area contributed by atoms with Crippen molar-refractivity contribution < 1.29 is 14.3 Å². The van der Waals surface area contributed by atoms with Gasteiger partial charge in [0.2, 0.25) is 5.91 Å². The van der Waals surface area contributed by atoms with Crippen molar-refractivity contribution in [1.29, 1.82) is 0 Å². The van der Waals surface area contributed by atoms with E-state index in [1.54, 1.807) is 0 Å². The molecule has 2 rings (SSSR count). The van der Waals surface area contributed by atoms with Gasteiger partial charge in [0.05, 0.1) is 6.54 Å². The molecule has 0 saturated carbocycles. The summed E-state index contributed by atoms with van der Waals surface area (Å²) < 4.78 is 5.05. The van der Waals surface area contributed by atoms with Gasteiger partial charge in [0, 0.05) is 11.1 Å². The van der Waals surface area contributed by atoms with E-state index < -0.39 is 5.91 Å². The second-order valence-electron chi connectivity index (χ2n) is 3.43. The Morgan fingerprint density at radius 3 is 2.41 bits per heavy atom. The fraction of sp³-hybridized carbons (Fsp3) is 0.182. The Morgan fingerprint density at radius 2 is 1.88 bits per heavy atom. The van der Waals surface area contributed by atoms with Crippen molar-refractivity contribution in [1.82, 2.24) is 5.32 Å². The summed E-state index contributed by atoms with van der Waals surface area (Å²) >= 11 is 0. The quantitative estimate of drug-likeness (QED) is 0.747. The fourth-order valence-electron chi connectivity index (χ4n) is 1.37. The van der Waals surface area contributed by atoms with Gasteiger partial charge in [0.25, 0.3) is 11.9 Å². The largest absolute Gasteiger partial charge is 0.463 e. The number of benzene rings is 1. The number of amidine groups is 1. The highest BCUT2D eigenvalue weighted by Crippen LogP contribution is 2.04. The number of carbonyl (C=O) groups excluding carboxylic acids is 2. The van der Waals surface area contributed by atoms with Crippen LogP contribution in [0.3, 0.4) is 0 Å². The molecule has 17 heavy (non-hydrogen) atoms. The molecule has 0 aliphatic carbocycles. The Hall–Kier alpha value is -2.37. The van der Waals surface area contributed by atoms with Crippen LogP contribution in [0.5, 0.6) is 0 Å². The molecule has 6 nitrogen and oxygen atoms in total. The van der Waals surface area contributed by atoms with Gasteiger partial charge in [-0.05, 0) is 24.3 Å². The highest BCUT2D eigenvalue weighted by atomic mass is 16.5. The average molecular weight is 233 g/mol. The standard InChI is InChI=1S/C11H11N3O3/c12-9(15)7-1-3-8(4-2-7)10(16)14-11-13-5-6-17-11/h1-4H,5-6H2,(H2,12,15)(H,13,14,16). The first-order valence-corrected chi connectivity index (χ1v) is 5.05. The summed E-state index contributed by atoms with van der Waals surface area (Å²) in [4.78, 5) is 26.5. The summed E-state index contributed by atoms with van der Waals surface area (Å²) in [6, 6.07) is 6.26. The van der Waals surface area contributed by atoms with Crippen LogP contribution < -0.4 is 11.1 Å². The summed E-state index contributed by atoms with van der Waals surface area (Å²) in [7, 11) is 0. The normalized spacial score (nSPS) is 13.8. The van der Waals surface area contributed by atoms with E-state index in [9.17, 15) is 9.59 Å². The first-order valence-electron chi connectivity index (χ1n) is 5.05. The van der Waals surface area contributed by atoms with Crippen LogP contribution in [-0.4, -0.2) is 31.0 Å². The van der Waals surface area contributed by atoms with E-state index in [4.69, 9.17) is 10.5 Å². The van der Waals surface area contributed by atoms with Crippen molar-refractivity contribution in [2.24, 2.45) is 10.7 Å². The van der Waals surface area contributed by atoms with E-state index in [0.29, 0.717) is 24.3 Å². The second kappa shape index (κ2) is 4.65. The van der Waals surface area contributed by atoms with Gasteiger partial charge < -0.3 is 10.5 Å². The van der Waals surface area contributed by atoms with E-state index in [0.717, 1.165) is 0 Å². The molecular weight excluding hydrogens is 222 g/mol. The highest BCUT2D eigenvalue weighted by Gasteiger charge is 2.13. The zero-order chi connectivity index (χ0) is 12.3. The van der Waals surface area contributed by atoms with Crippen molar-refractivity contribution in [3.05, 3.63) is 35.4 Å². The molecule has 0 saturated heterocycles. The van der Waals surface area contributed by atoms with Gasteiger partial charge >= 0.3 is 0 Å². The van der Waals surface area contributed by atoms with Crippen molar-refractivity contribution in [2.45, 2.75) is 0 Å². The number of carbonyl (C=O) groups is 2. The molecule has 0 unspecified atom stereocenters. The molecule has 1 aliphatic heterocycles. The minimum atomic E-state index is -0.527. The number of rotatable bonds is 2. The van der Waals surface area contributed by atoms with Crippen molar-refractivity contribution in [3.63, 3.8) is 0 Å². The van der Waals surface area contributed by atoms with Crippen LogP contribution in [-0.2, 0) is 4.74 Å². The zero-order valence-electron chi connectivity index (χ0n) is 8.97. The molecule has 1 aromatic carbocycles. The Labute approximate surface area is 97.5 Å². The third kappa shape index (κ3) is 2.60. The van der Waals surface area contributed by atoms with E-state index in [1.807, 2.05) is 0 Å². The number of amides is 2.